The van der Waals surface area contributed by atoms with Crippen molar-refractivity contribution in [3.05, 3.63) is 81.8 Å². The zero-order chi connectivity index (χ0) is 25.1. The summed E-state index contributed by atoms with van der Waals surface area (Å²) < 4.78 is 23.9. The number of hydrogen-bond acceptors (Lipinski definition) is 7. The van der Waals surface area contributed by atoms with Crippen LogP contribution in [0.4, 0.5) is 17.3 Å². The molecule has 10 heteroatoms. The number of nitrogens with zero attached hydrogens (tertiary/aromatic N) is 2. The zero-order valence-corrected chi connectivity index (χ0v) is 20.9. The Balaban J connectivity index is 1.84. The number of rotatable bonds is 3. The van der Waals surface area contributed by atoms with Gasteiger partial charge in [-0.1, -0.05) is 44.2 Å². The quantitative estimate of drug-likeness (QED) is 0.450. The van der Waals surface area contributed by atoms with Crippen LogP contribution >= 0.6 is 12.2 Å². The predicted octanol–water partition coefficient (Wildman–Crippen LogP) is 4.30. The molecule has 0 saturated heterocycles. The molecule has 0 saturated carbocycles. The monoisotopic (exact) mass is 507 g/mol. The molecular formula is C25H25N5O3S2. The molecule has 0 bridgehead atoms. The van der Waals surface area contributed by atoms with Gasteiger partial charge in [0.25, 0.3) is 0 Å². The van der Waals surface area contributed by atoms with Crippen LogP contribution in [0.3, 0.4) is 0 Å². The van der Waals surface area contributed by atoms with Gasteiger partial charge in [-0.05, 0) is 53.9 Å². The molecule has 2 heterocycles. The summed E-state index contributed by atoms with van der Waals surface area (Å²) in [6, 6.07) is 15.9. The third-order valence-corrected chi connectivity index (χ3v) is 7.61. The Kier molecular flexibility index (Phi) is 5.42. The Morgan fingerprint density at radius 1 is 1.09 bits per heavy atom. The second kappa shape index (κ2) is 8.11. The predicted molar refractivity (Wildman–Crippen MR) is 137 cm³/mol. The first-order chi connectivity index (χ1) is 16.5. The lowest BCUT2D eigenvalue weighted by atomic mass is 9.68. The summed E-state index contributed by atoms with van der Waals surface area (Å²) >= 11 is 5.38. The fourth-order valence-electron chi connectivity index (χ4n) is 5.09. The number of nitrogens with one attached hydrogen (secondary N) is 1. The van der Waals surface area contributed by atoms with Crippen molar-refractivity contribution in [3.63, 3.8) is 0 Å². The van der Waals surface area contributed by atoms with E-state index in [1.807, 2.05) is 35.2 Å². The van der Waals surface area contributed by atoms with Gasteiger partial charge in [0.15, 0.2) is 10.6 Å². The second-order valence-corrected chi connectivity index (χ2v) is 11.7. The van der Waals surface area contributed by atoms with Gasteiger partial charge < -0.3 is 10.7 Å². The smallest absolute Gasteiger partial charge is 0.238 e. The number of allylic oxidation sites excluding steroid dienone is 2. The number of nitrogens with two attached hydrogens (primary N) is 2. The minimum atomic E-state index is -3.86. The molecule has 0 spiro atoms. The van der Waals surface area contributed by atoms with Crippen molar-refractivity contribution in [2.75, 3.05) is 10.6 Å². The van der Waals surface area contributed by atoms with Gasteiger partial charge in [0.1, 0.15) is 11.6 Å². The number of ketones is 1. The van der Waals surface area contributed by atoms with Gasteiger partial charge >= 0.3 is 0 Å². The molecule has 5 N–H and O–H groups in total. The lowest BCUT2D eigenvalue weighted by molar-refractivity contribution is -0.118. The van der Waals surface area contributed by atoms with E-state index in [1.165, 1.54) is 12.1 Å². The number of H-pyrrole nitrogens is 1. The van der Waals surface area contributed by atoms with Crippen LogP contribution in [0.2, 0.25) is 0 Å². The van der Waals surface area contributed by atoms with Gasteiger partial charge in [-0.2, -0.15) is 0 Å². The van der Waals surface area contributed by atoms with Gasteiger partial charge in [-0.15, -0.1) is 0 Å². The van der Waals surface area contributed by atoms with E-state index in [1.54, 1.807) is 12.1 Å². The Labute approximate surface area is 208 Å². The van der Waals surface area contributed by atoms with E-state index in [0.29, 0.717) is 41.3 Å². The summed E-state index contributed by atoms with van der Waals surface area (Å²) in [5.74, 6) is 0.491. The van der Waals surface area contributed by atoms with Crippen molar-refractivity contribution in [1.82, 2.24) is 9.97 Å². The van der Waals surface area contributed by atoms with Crippen molar-refractivity contribution >= 4 is 45.3 Å². The lowest BCUT2D eigenvalue weighted by Crippen LogP contribution is -2.38. The fourth-order valence-corrected chi connectivity index (χ4v) is 5.80. The van der Waals surface area contributed by atoms with Gasteiger partial charge in [0.2, 0.25) is 10.0 Å². The van der Waals surface area contributed by atoms with Crippen molar-refractivity contribution in [1.29, 1.82) is 0 Å². The summed E-state index contributed by atoms with van der Waals surface area (Å²) in [6.07, 6.45) is 1.01. The molecule has 1 aliphatic carbocycles. The topological polar surface area (TPSA) is 135 Å². The Hall–Kier alpha value is -3.34. The molecule has 2 aromatic carbocycles. The molecule has 35 heavy (non-hydrogen) atoms. The first kappa shape index (κ1) is 23.4. The summed E-state index contributed by atoms with van der Waals surface area (Å²) in [7, 11) is -3.86. The number of nitrogen functional groups attached to an aromatic ring is 1. The Bertz CT molecular complexity index is 1540. The highest BCUT2D eigenvalue weighted by molar-refractivity contribution is 7.89. The normalized spacial score (nSPS) is 19.3. The van der Waals surface area contributed by atoms with Gasteiger partial charge in [0, 0.05) is 34.9 Å². The zero-order valence-electron chi connectivity index (χ0n) is 19.3. The van der Waals surface area contributed by atoms with Crippen molar-refractivity contribution in [3.8, 4) is 0 Å². The molecule has 1 unspecified atom stereocenters. The summed E-state index contributed by atoms with van der Waals surface area (Å²) in [6.45, 7) is 4.12. The summed E-state index contributed by atoms with van der Waals surface area (Å²) in [4.78, 5) is 23.2. The van der Waals surface area contributed by atoms with Crippen LogP contribution in [-0.2, 0) is 14.8 Å². The number of carbonyl (C=O) groups excluding carboxylic acids is 1. The number of aromatic amines is 1. The minimum Gasteiger partial charge on any atom is -0.385 e. The fraction of sp³-hybridized carbons (Fsp3) is 0.240. The molecule has 180 valence electrons. The summed E-state index contributed by atoms with van der Waals surface area (Å²) in [5, 5.41) is 5.30. The molecular weight excluding hydrogens is 482 g/mol. The number of fused-ring (bicyclic) bond motifs is 1. The molecule has 2 aliphatic rings. The van der Waals surface area contributed by atoms with E-state index in [2.05, 4.69) is 23.8 Å². The van der Waals surface area contributed by atoms with E-state index in [0.717, 1.165) is 11.3 Å². The van der Waals surface area contributed by atoms with Crippen LogP contribution in [0.5, 0.6) is 0 Å². The highest BCUT2D eigenvalue weighted by Gasteiger charge is 2.45. The molecule has 1 aromatic heterocycles. The maximum Gasteiger partial charge on any atom is 0.238 e. The average Bonchev–Trinajstić information content (AvgIpc) is 2.77. The lowest BCUT2D eigenvalue weighted by Gasteiger charge is -2.44. The third kappa shape index (κ3) is 4.07. The molecule has 0 radical (unpaired) electrons. The first-order valence-corrected chi connectivity index (χ1v) is 13.1. The second-order valence-electron chi connectivity index (χ2n) is 9.71. The maximum absolute atomic E-state index is 13.7. The number of carbonyl (C=O) groups is 1. The molecule has 1 atom stereocenters. The van der Waals surface area contributed by atoms with Crippen LogP contribution in [0.1, 0.15) is 43.7 Å². The van der Waals surface area contributed by atoms with E-state index in [9.17, 15) is 13.2 Å². The molecule has 1 aliphatic heterocycles. The SMILES string of the molecule is CC1(C)CC(=O)C2=C(C1)N(c1ccc(S(N)(=O)=O)cc1)c1nc(=S)[nH]c(N)c1C2c1ccccc1. The molecule has 0 amide bonds. The van der Waals surface area contributed by atoms with Gasteiger partial charge in [-0.3, -0.25) is 9.69 Å². The van der Waals surface area contributed by atoms with Crippen molar-refractivity contribution in [2.45, 2.75) is 37.5 Å². The van der Waals surface area contributed by atoms with E-state index < -0.39 is 15.9 Å². The van der Waals surface area contributed by atoms with Crippen LogP contribution in [0, 0.1) is 10.2 Å². The van der Waals surface area contributed by atoms with Gasteiger partial charge in [0.05, 0.1) is 4.90 Å². The van der Waals surface area contributed by atoms with Crippen LogP contribution < -0.4 is 15.8 Å². The Morgan fingerprint density at radius 2 is 1.74 bits per heavy atom. The number of aromatic nitrogens is 2. The van der Waals surface area contributed by atoms with Crippen LogP contribution in [0.25, 0.3) is 0 Å². The first-order valence-electron chi connectivity index (χ1n) is 11.1. The standard InChI is InChI=1S/C25H25N5O3S2/c1-25(2)12-17-20(18(31)13-25)19(14-6-4-3-5-7-14)21-22(26)28-24(34)29-23(21)30(17)15-8-10-16(11-9-15)35(27,32)33/h3-11,19H,12-13H2,1-2H3,(H2,27,32,33)(H3,26,28,29,34). The highest BCUT2D eigenvalue weighted by atomic mass is 32.2. The Morgan fingerprint density at radius 3 is 2.37 bits per heavy atom. The van der Waals surface area contributed by atoms with E-state index >= 15 is 0 Å². The maximum atomic E-state index is 13.7. The van der Waals surface area contributed by atoms with Gasteiger partial charge in [-0.25, -0.2) is 18.5 Å². The number of primary sulfonamides is 1. The third-order valence-electron chi connectivity index (χ3n) is 6.49. The number of Topliss-reactive ketones (excluding diaryl/α,β-unsaturated/α-hetero) is 1. The summed E-state index contributed by atoms with van der Waals surface area (Å²) in [5.41, 5.74) is 9.91. The van der Waals surface area contributed by atoms with Crippen LogP contribution in [0.15, 0.2) is 70.8 Å². The van der Waals surface area contributed by atoms with E-state index in [4.69, 9.17) is 23.1 Å². The molecule has 5 rings (SSSR count). The van der Waals surface area contributed by atoms with Crippen LogP contribution in [-0.4, -0.2) is 24.2 Å². The largest absolute Gasteiger partial charge is 0.385 e. The molecule has 0 fully saturated rings. The molecule has 3 aromatic rings. The van der Waals surface area contributed by atoms with Crippen molar-refractivity contribution in [2.24, 2.45) is 10.6 Å². The minimum absolute atomic E-state index is 0.00674. The number of anilines is 3. The molecule has 8 nitrogen and oxygen atoms in total. The van der Waals surface area contributed by atoms with Crippen molar-refractivity contribution < 1.29 is 13.2 Å². The number of sulfonamides is 1. The number of benzene rings is 2. The van der Waals surface area contributed by atoms with E-state index in [-0.39, 0.29) is 20.9 Å². The average molecular weight is 508 g/mol. The number of hydrogen-bond donors (Lipinski definition) is 3. The highest BCUT2D eigenvalue weighted by Crippen LogP contribution is 2.54.